The second-order valence-electron chi connectivity index (χ2n) is 9.40. The van der Waals surface area contributed by atoms with E-state index in [1.54, 1.807) is 12.1 Å². The van der Waals surface area contributed by atoms with E-state index >= 15 is 0 Å². The van der Waals surface area contributed by atoms with Crippen LogP contribution in [-0.4, -0.2) is 105 Å². The molecule has 39 heavy (non-hydrogen) atoms. The van der Waals surface area contributed by atoms with E-state index in [1.165, 1.54) is 15.9 Å². The van der Waals surface area contributed by atoms with Gasteiger partial charge in [0.15, 0.2) is 5.82 Å². The molecule has 2 aromatic rings. The van der Waals surface area contributed by atoms with Crippen LogP contribution in [0.4, 0.5) is 4.79 Å². The van der Waals surface area contributed by atoms with E-state index in [1.807, 2.05) is 18.2 Å². The van der Waals surface area contributed by atoms with Crippen molar-refractivity contribution in [3.8, 4) is 17.3 Å². The van der Waals surface area contributed by atoms with Gasteiger partial charge in [0, 0.05) is 44.2 Å². The Hall–Kier alpha value is -4.26. The van der Waals surface area contributed by atoms with Crippen LogP contribution in [0.25, 0.3) is 11.4 Å². The molecule has 2 aliphatic heterocycles. The minimum atomic E-state index is -1.13. The summed E-state index contributed by atoms with van der Waals surface area (Å²) in [7, 11) is 0. The topological polar surface area (TPSA) is 174 Å². The largest absolute Gasteiger partial charge is 0.481 e. The number of hydrogen-bond donors (Lipinski definition) is 4. The molecule has 13 nitrogen and oxygen atoms in total. The molecule has 1 aromatic heterocycles. The van der Waals surface area contributed by atoms with Gasteiger partial charge in [0.05, 0.1) is 0 Å². The number of hydrogen-bond acceptors (Lipinski definition) is 8. The summed E-state index contributed by atoms with van der Waals surface area (Å²) in [6.45, 7) is 2.16. The van der Waals surface area contributed by atoms with Crippen LogP contribution in [0.2, 0.25) is 0 Å². The van der Waals surface area contributed by atoms with Gasteiger partial charge in [0.25, 0.3) is 5.91 Å². The molecular formula is C26H32N6O7. The number of carboxylic acids is 1. The summed E-state index contributed by atoms with van der Waals surface area (Å²) in [5.74, 6) is -1.73. The van der Waals surface area contributed by atoms with Crippen molar-refractivity contribution in [3.05, 3.63) is 42.1 Å². The average molecular weight is 541 g/mol. The maximum Gasteiger partial charge on any atom is 0.407 e. The van der Waals surface area contributed by atoms with Gasteiger partial charge in [-0.3, -0.25) is 14.4 Å². The zero-order valence-corrected chi connectivity index (χ0v) is 21.4. The van der Waals surface area contributed by atoms with Crippen molar-refractivity contribution in [2.75, 3.05) is 39.3 Å². The Morgan fingerprint density at radius 1 is 1.00 bits per heavy atom. The Morgan fingerprint density at radius 3 is 2.31 bits per heavy atom. The van der Waals surface area contributed by atoms with Gasteiger partial charge in [0.1, 0.15) is 17.8 Å². The Balaban J connectivity index is 1.55. The highest BCUT2D eigenvalue weighted by Crippen LogP contribution is 2.22. The lowest BCUT2D eigenvalue weighted by atomic mass is 10.1. The van der Waals surface area contributed by atoms with Crippen LogP contribution < -0.4 is 15.4 Å². The monoisotopic (exact) mass is 540 g/mol. The number of carbonyl (C=O) groups is 4. The van der Waals surface area contributed by atoms with Crippen molar-refractivity contribution >= 4 is 23.9 Å². The summed E-state index contributed by atoms with van der Waals surface area (Å²) >= 11 is 0. The van der Waals surface area contributed by atoms with Crippen LogP contribution in [0, 0.1) is 0 Å². The van der Waals surface area contributed by atoms with Crippen molar-refractivity contribution in [1.29, 1.82) is 0 Å². The van der Waals surface area contributed by atoms with E-state index in [9.17, 15) is 24.3 Å². The highest BCUT2D eigenvalue weighted by atomic mass is 16.5. The molecule has 0 saturated carbocycles. The maximum absolute atomic E-state index is 13.4. The molecule has 208 valence electrons. The highest BCUT2D eigenvalue weighted by Gasteiger charge is 2.31. The summed E-state index contributed by atoms with van der Waals surface area (Å²) in [6.07, 6.45) is -0.0446. The SMILES string of the molecule is O=C(O)CC[C@H](NC(=O)c1cc(OC2CCNCC2)nc(-c2ccccc2)n1)C(=O)N1CCN(C(=O)O)CC1. The molecule has 0 radical (unpaired) electrons. The number of aromatic nitrogens is 2. The Morgan fingerprint density at radius 2 is 1.67 bits per heavy atom. The minimum Gasteiger partial charge on any atom is -0.481 e. The molecule has 1 atom stereocenters. The summed E-state index contributed by atoms with van der Waals surface area (Å²) in [6, 6.07) is 9.40. The van der Waals surface area contributed by atoms with Gasteiger partial charge < -0.3 is 35.4 Å². The number of amides is 3. The van der Waals surface area contributed by atoms with Crippen molar-refractivity contribution < 1.29 is 34.1 Å². The van der Waals surface area contributed by atoms with E-state index in [2.05, 4.69) is 20.6 Å². The first kappa shape index (κ1) is 27.8. The molecule has 4 rings (SSSR count). The van der Waals surface area contributed by atoms with E-state index in [0.717, 1.165) is 25.9 Å². The van der Waals surface area contributed by atoms with Crippen LogP contribution in [0.15, 0.2) is 36.4 Å². The van der Waals surface area contributed by atoms with Crippen LogP contribution in [0.3, 0.4) is 0 Å². The minimum absolute atomic E-state index is 0.0170. The van der Waals surface area contributed by atoms with Gasteiger partial charge in [-0.1, -0.05) is 30.3 Å². The molecule has 13 heteroatoms. The second kappa shape index (κ2) is 13.0. The number of piperidine rings is 1. The molecule has 2 aliphatic rings. The molecule has 0 bridgehead atoms. The smallest absolute Gasteiger partial charge is 0.407 e. The van der Waals surface area contributed by atoms with Crippen LogP contribution in [0.1, 0.15) is 36.2 Å². The fourth-order valence-electron chi connectivity index (χ4n) is 4.50. The van der Waals surface area contributed by atoms with E-state index in [0.29, 0.717) is 5.56 Å². The zero-order valence-electron chi connectivity index (χ0n) is 21.4. The predicted octanol–water partition coefficient (Wildman–Crippen LogP) is 1.06. The first-order chi connectivity index (χ1) is 18.8. The van der Waals surface area contributed by atoms with Crippen molar-refractivity contribution in [2.24, 2.45) is 0 Å². The summed E-state index contributed by atoms with van der Waals surface area (Å²) in [5.41, 5.74) is 0.661. The lowest BCUT2D eigenvalue weighted by Gasteiger charge is -2.35. The Kier molecular flexibility index (Phi) is 9.26. The van der Waals surface area contributed by atoms with Crippen LogP contribution in [-0.2, 0) is 9.59 Å². The summed E-state index contributed by atoms with van der Waals surface area (Å²) in [4.78, 5) is 60.7. The van der Waals surface area contributed by atoms with Crippen LogP contribution >= 0.6 is 0 Å². The molecule has 2 fully saturated rings. The average Bonchev–Trinajstić information content (AvgIpc) is 2.95. The zero-order chi connectivity index (χ0) is 27.8. The van der Waals surface area contributed by atoms with Gasteiger partial charge in [0.2, 0.25) is 11.8 Å². The number of aliphatic carboxylic acids is 1. The molecule has 3 amide bonds. The third kappa shape index (κ3) is 7.63. The number of piperazine rings is 1. The van der Waals surface area contributed by atoms with Gasteiger partial charge in [-0.25, -0.2) is 9.78 Å². The molecule has 0 spiro atoms. The number of nitrogens with one attached hydrogen (secondary N) is 2. The predicted molar refractivity (Wildman–Crippen MR) is 138 cm³/mol. The molecule has 0 aliphatic carbocycles. The van der Waals surface area contributed by atoms with Crippen molar-refractivity contribution in [2.45, 2.75) is 37.8 Å². The van der Waals surface area contributed by atoms with Crippen molar-refractivity contribution in [1.82, 2.24) is 30.4 Å². The maximum atomic E-state index is 13.4. The molecule has 1 aromatic carbocycles. The van der Waals surface area contributed by atoms with E-state index in [-0.39, 0.29) is 62.5 Å². The number of benzene rings is 1. The first-order valence-corrected chi connectivity index (χ1v) is 12.9. The lowest BCUT2D eigenvalue weighted by molar-refractivity contribution is -0.138. The molecule has 2 saturated heterocycles. The number of nitrogens with zero attached hydrogens (tertiary/aromatic N) is 4. The van der Waals surface area contributed by atoms with E-state index < -0.39 is 29.9 Å². The quantitative estimate of drug-likeness (QED) is 0.360. The van der Waals surface area contributed by atoms with Gasteiger partial charge in [-0.05, 0) is 32.4 Å². The molecule has 3 heterocycles. The number of ether oxygens (including phenoxy) is 1. The number of rotatable bonds is 9. The number of carbonyl (C=O) groups excluding carboxylic acids is 2. The lowest BCUT2D eigenvalue weighted by Crippen LogP contribution is -2.55. The van der Waals surface area contributed by atoms with E-state index in [4.69, 9.17) is 9.84 Å². The molecule has 0 unspecified atom stereocenters. The first-order valence-electron chi connectivity index (χ1n) is 12.9. The van der Waals surface area contributed by atoms with Gasteiger partial charge in [-0.15, -0.1) is 0 Å². The van der Waals surface area contributed by atoms with Crippen molar-refractivity contribution in [3.63, 3.8) is 0 Å². The molecule has 4 N–H and O–H groups in total. The fourth-order valence-corrected chi connectivity index (χ4v) is 4.50. The second-order valence-corrected chi connectivity index (χ2v) is 9.40. The molecular weight excluding hydrogens is 508 g/mol. The van der Waals surface area contributed by atoms with Gasteiger partial charge in [-0.2, -0.15) is 4.98 Å². The number of carboxylic acid groups (broad SMARTS) is 2. The highest BCUT2D eigenvalue weighted by molar-refractivity contribution is 5.96. The Labute approximate surface area is 225 Å². The third-order valence-corrected chi connectivity index (χ3v) is 6.65. The third-order valence-electron chi connectivity index (χ3n) is 6.65. The standard InChI is InChI=1S/C26H32N6O7/c33-22(34)7-6-19(25(36)31-12-14-32(15-13-31)26(37)38)29-24(35)20-16-21(39-18-8-10-27-11-9-18)30-23(28-20)17-4-2-1-3-5-17/h1-5,16,18-19,27H,6-15H2,(H,29,35)(H,33,34)(H,37,38)/t19-/m0/s1. The summed E-state index contributed by atoms with van der Waals surface area (Å²) < 4.78 is 6.09. The summed E-state index contributed by atoms with van der Waals surface area (Å²) in [5, 5.41) is 24.3. The Bertz CT molecular complexity index is 1180. The normalized spacial score (nSPS) is 16.8. The fraction of sp³-hybridized carbons (Fsp3) is 0.462. The van der Waals surface area contributed by atoms with Crippen LogP contribution in [0.5, 0.6) is 5.88 Å². The van der Waals surface area contributed by atoms with Gasteiger partial charge >= 0.3 is 12.1 Å².